The first-order chi connectivity index (χ1) is 17.9. The van der Waals surface area contributed by atoms with E-state index in [2.05, 4.69) is 36.1 Å². The molecule has 198 valence electrons. The normalized spacial score (nSPS) is 19.1. The summed E-state index contributed by atoms with van der Waals surface area (Å²) in [7, 11) is 1.43. The van der Waals surface area contributed by atoms with Crippen molar-refractivity contribution in [3.05, 3.63) is 47.0 Å². The lowest BCUT2D eigenvalue weighted by atomic mass is 9.75. The maximum atomic E-state index is 12.9. The van der Waals surface area contributed by atoms with E-state index in [1.54, 1.807) is 6.92 Å². The zero-order chi connectivity index (χ0) is 26.2. The predicted octanol–water partition coefficient (Wildman–Crippen LogP) is 4.87. The van der Waals surface area contributed by atoms with E-state index in [0.29, 0.717) is 18.2 Å². The monoisotopic (exact) mass is 506 g/mol. The molecule has 3 heterocycles. The number of carbonyl (C=O) groups is 2. The molecule has 2 aromatic rings. The Balaban J connectivity index is 1.62. The molecule has 1 spiro atoms. The molecule has 0 radical (unpaired) electrons. The van der Waals surface area contributed by atoms with Crippen LogP contribution in [-0.2, 0) is 24.4 Å². The highest BCUT2D eigenvalue weighted by atomic mass is 16.5. The van der Waals surface area contributed by atoms with Crippen LogP contribution in [0.1, 0.15) is 61.0 Å². The number of hydrogen-bond donors (Lipinski definition) is 0. The third-order valence-corrected chi connectivity index (χ3v) is 8.55. The lowest BCUT2D eigenvalue weighted by Gasteiger charge is -2.37. The quantitative estimate of drug-likeness (QED) is 0.539. The van der Waals surface area contributed by atoms with Crippen LogP contribution in [0, 0.1) is 6.92 Å². The molecule has 0 N–H and O–H groups in total. The minimum Gasteiger partial charge on any atom is -0.465 e. The highest BCUT2D eigenvalue weighted by Gasteiger charge is 2.45. The summed E-state index contributed by atoms with van der Waals surface area (Å²) in [5, 5.41) is 0. The predicted molar refractivity (Wildman–Crippen MR) is 145 cm³/mol. The summed E-state index contributed by atoms with van der Waals surface area (Å²) in [4.78, 5) is 29.9. The summed E-state index contributed by atoms with van der Waals surface area (Å²) in [6.07, 6.45) is 3.76. The van der Waals surface area contributed by atoms with Gasteiger partial charge in [-0.25, -0.2) is 4.79 Å². The molecule has 0 bridgehead atoms. The molecule has 5 rings (SSSR count). The Kier molecular flexibility index (Phi) is 7.28. The van der Waals surface area contributed by atoms with Crippen LogP contribution in [0.25, 0.3) is 11.1 Å². The zero-order valence-corrected chi connectivity index (χ0v) is 22.5. The van der Waals surface area contributed by atoms with E-state index in [1.807, 2.05) is 17.9 Å². The molecule has 0 atom stereocenters. The molecule has 7 heteroatoms. The van der Waals surface area contributed by atoms with Crippen molar-refractivity contribution in [1.29, 1.82) is 0 Å². The Hall–Kier alpha value is -2.90. The van der Waals surface area contributed by atoms with Gasteiger partial charge in [-0.1, -0.05) is 12.1 Å². The van der Waals surface area contributed by atoms with Crippen LogP contribution in [0.5, 0.6) is 0 Å². The molecule has 3 aliphatic rings. The van der Waals surface area contributed by atoms with Crippen LogP contribution in [0.2, 0.25) is 0 Å². The number of carbonyl (C=O) groups excluding carboxylic acids is 2. The number of anilines is 2. The van der Waals surface area contributed by atoms with Crippen molar-refractivity contribution >= 4 is 23.3 Å². The molecule has 0 unspecified atom stereocenters. The molecule has 0 aromatic heterocycles. The Morgan fingerprint density at radius 2 is 1.76 bits per heavy atom. The van der Waals surface area contributed by atoms with Crippen molar-refractivity contribution < 1.29 is 23.8 Å². The maximum absolute atomic E-state index is 12.9. The molecule has 2 aromatic carbocycles. The number of esters is 1. The summed E-state index contributed by atoms with van der Waals surface area (Å²) >= 11 is 0. The van der Waals surface area contributed by atoms with Gasteiger partial charge >= 0.3 is 5.97 Å². The van der Waals surface area contributed by atoms with Gasteiger partial charge in [0.05, 0.1) is 12.7 Å². The second kappa shape index (κ2) is 10.5. The van der Waals surface area contributed by atoms with E-state index >= 15 is 0 Å². The van der Waals surface area contributed by atoms with Crippen molar-refractivity contribution in [1.82, 2.24) is 0 Å². The molecule has 2 saturated heterocycles. The van der Waals surface area contributed by atoms with Gasteiger partial charge in [-0.05, 0) is 80.0 Å². The van der Waals surface area contributed by atoms with Crippen molar-refractivity contribution in [3.63, 3.8) is 0 Å². The molecular formula is C30H38N2O5. The number of benzene rings is 2. The summed E-state index contributed by atoms with van der Waals surface area (Å²) in [5.41, 5.74) is 6.65. The largest absolute Gasteiger partial charge is 0.465 e. The first kappa shape index (κ1) is 25.7. The standard InChI is InChI=1S/C30H38N2O5/c1-5-31(24-8-12-36-13-9-24)27-18-23(16-25(20(27)2)29(34)35-4)22-6-7-26-28(17-22)32(21(3)33)19-30(26)10-14-37-15-11-30/h6-7,16-18,24H,5,8-15,19H2,1-4H3. The fourth-order valence-corrected chi connectivity index (χ4v) is 6.43. The number of amides is 1. The van der Waals surface area contributed by atoms with Crippen LogP contribution in [-0.4, -0.2) is 64.5 Å². The minimum absolute atomic E-state index is 0.0462. The van der Waals surface area contributed by atoms with E-state index in [1.165, 1.54) is 12.7 Å². The Morgan fingerprint density at radius 1 is 1.05 bits per heavy atom. The molecule has 0 aliphatic carbocycles. The number of rotatable bonds is 5. The van der Waals surface area contributed by atoms with Gasteiger partial charge in [0.2, 0.25) is 5.91 Å². The fraction of sp³-hybridized carbons (Fsp3) is 0.533. The van der Waals surface area contributed by atoms with Crippen LogP contribution in [0.3, 0.4) is 0 Å². The average molecular weight is 507 g/mol. The molecule has 37 heavy (non-hydrogen) atoms. The van der Waals surface area contributed by atoms with Crippen LogP contribution in [0.15, 0.2) is 30.3 Å². The van der Waals surface area contributed by atoms with Crippen LogP contribution >= 0.6 is 0 Å². The number of nitrogens with zero attached hydrogens (tertiary/aromatic N) is 2. The SMILES string of the molecule is CCN(c1cc(-c2ccc3c(c2)N(C(C)=O)CC32CCOCC2)cc(C(=O)OC)c1C)C1CCOCC1. The highest BCUT2D eigenvalue weighted by Crippen LogP contribution is 2.48. The average Bonchev–Trinajstić information content (AvgIpc) is 3.23. The zero-order valence-electron chi connectivity index (χ0n) is 22.5. The van der Waals surface area contributed by atoms with Gasteiger partial charge in [-0.2, -0.15) is 0 Å². The first-order valence-electron chi connectivity index (χ1n) is 13.5. The Labute approximate surface area is 219 Å². The number of methoxy groups -OCH3 is 1. The Bertz CT molecular complexity index is 1180. The van der Waals surface area contributed by atoms with Gasteiger partial charge in [-0.15, -0.1) is 0 Å². The van der Waals surface area contributed by atoms with Gasteiger partial charge in [-0.3, -0.25) is 4.79 Å². The number of ether oxygens (including phenoxy) is 3. The van der Waals surface area contributed by atoms with Crippen molar-refractivity contribution in [2.75, 3.05) is 56.4 Å². The summed E-state index contributed by atoms with van der Waals surface area (Å²) in [6.45, 7) is 10.3. The first-order valence-corrected chi connectivity index (χ1v) is 13.5. The highest BCUT2D eigenvalue weighted by molar-refractivity contribution is 5.97. The van der Waals surface area contributed by atoms with Gasteiger partial charge in [0.15, 0.2) is 0 Å². The molecule has 3 aliphatic heterocycles. The number of fused-ring (bicyclic) bond motifs is 2. The smallest absolute Gasteiger partial charge is 0.338 e. The van der Waals surface area contributed by atoms with E-state index in [4.69, 9.17) is 14.2 Å². The molecule has 1 amide bonds. The molecule has 0 saturated carbocycles. The lowest BCUT2D eigenvalue weighted by Crippen LogP contribution is -2.40. The number of hydrogen-bond acceptors (Lipinski definition) is 6. The van der Waals surface area contributed by atoms with E-state index < -0.39 is 0 Å². The molecule has 2 fully saturated rings. The second-order valence-corrected chi connectivity index (χ2v) is 10.5. The van der Waals surface area contributed by atoms with Crippen molar-refractivity contribution in [2.45, 2.75) is 57.9 Å². The van der Waals surface area contributed by atoms with E-state index in [0.717, 1.165) is 86.7 Å². The fourth-order valence-electron chi connectivity index (χ4n) is 6.43. The van der Waals surface area contributed by atoms with Crippen molar-refractivity contribution in [3.8, 4) is 11.1 Å². The summed E-state index contributed by atoms with van der Waals surface area (Å²) < 4.78 is 16.4. The third kappa shape index (κ3) is 4.64. The van der Waals surface area contributed by atoms with Crippen molar-refractivity contribution in [2.24, 2.45) is 0 Å². The van der Waals surface area contributed by atoms with Gasteiger partial charge in [0.1, 0.15) is 0 Å². The van der Waals surface area contributed by atoms with E-state index in [9.17, 15) is 9.59 Å². The summed E-state index contributed by atoms with van der Waals surface area (Å²) in [6, 6.07) is 10.9. The summed E-state index contributed by atoms with van der Waals surface area (Å²) in [5.74, 6) is -0.283. The van der Waals surface area contributed by atoms with Gasteiger partial charge in [0, 0.05) is 69.3 Å². The molecular weight excluding hydrogens is 468 g/mol. The third-order valence-electron chi connectivity index (χ3n) is 8.55. The second-order valence-electron chi connectivity index (χ2n) is 10.5. The lowest BCUT2D eigenvalue weighted by molar-refractivity contribution is -0.116. The van der Waals surface area contributed by atoms with Crippen LogP contribution in [0.4, 0.5) is 11.4 Å². The van der Waals surface area contributed by atoms with E-state index in [-0.39, 0.29) is 17.3 Å². The minimum atomic E-state index is -0.337. The molecule has 7 nitrogen and oxygen atoms in total. The van der Waals surface area contributed by atoms with Crippen LogP contribution < -0.4 is 9.80 Å². The Morgan fingerprint density at radius 3 is 2.41 bits per heavy atom. The maximum Gasteiger partial charge on any atom is 0.338 e. The van der Waals surface area contributed by atoms with Gasteiger partial charge in [0.25, 0.3) is 0 Å². The van der Waals surface area contributed by atoms with Gasteiger partial charge < -0.3 is 24.0 Å². The topological polar surface area (TPSA) is 68.3 Å².